The van der Waals surface area contributed by atoms with Crippen molar-refractivity contribution in [1.82, 2.24) is 4.98 Å². The fourth-order valence-electron chi connectivity index (χ4n) is 3.06. The number of aliphatic imine (C=N–C) groups is 1. The summed E-state index contributed by atoms with van der Waals surface area (Å²) in [6.07, 6.45) is 3.98. The maximum absolute atomic E-state index is 4.16. The summed E-state index contributed by atoms with van der Waals surface area (Å²) in [5.74, 6) is 0. The van der Waals surface area contributed by atoms with Crippen LogP contribution in [-0.2, 0) is 0 Å². The van der Waals surface area contributed by atoms with Crippen molar-refractivity contribution < 1.29 is 0 Å². The standard InChI is InChI=1S/C18H14N2/c1-19-11-17-18-15-9-5-4-7-13(15)12-6-2-3-8-14(12)16(18)10-20-17/h2-11,20H,1H3. The topological polar surface area (TPSA) is 28.1 Å². The first-order valence-electron chi connectivity index (χ1n) is 6.73. The number of nitrogens with zero attached hydrogens (tertiary/aromatic N) is 1. The van der Waals surface area contributed by atoms with Gasteiger partial charge in [0.15, 0.2) is 0 Å². The summed E-state index contributed by atoms with van der Waals surface area (Å²) in [5, 5.41) is 7.67. The van der Waals surface area contributed by atoms with E-state index in [1.54, 1.807) is 7.05 Å². The zero-order chi connectivity index (χ0) is 13.5. The molecule has 0 aliphatic heterocycles. The Morgan fingerprint density at radius 3 is 2.00 bits per heavy atom. The van der Waals surface area contributed by atoms with Crippen LogP contribution in [0.5, 0.6) is 0 Å². The quantitative estimate of drug-likeness (QED) is 0.384. The predicted molar refractivity (Wildman–Crippen MR) is 86.8 cm³/mol. The average molecular weight is 258 g/mol. The number of rotatable bonds is 1. The van der Waals surface area contributed by atoms with Crippen molar-refractivity contribution in [3.05, 3.63) is 60.4 Å². The van der Waals surface area contributed by atoms with Gasteiger partial charge >= 0.3 is 0 Å². The maximum atomic E-state index is 4.16. The lowest BCUT2D eigenvalue weighted by molar-refractivity contribution is 1.37. The van der Waals surface area contributed by atoms with Crippen LogP contribution in [0.15, 0.2) is 59.7 Å². The Morgan fingerprint density at radius 1 is 0.800 bits per heavy atom. The van der Waals surface area contributed by atoms with Crippen molar-refractivity contribution in [2.45, 2.75) is 0 Å². The average Bonchev–Trinajstić information content (AvgIpc) is 2.92. The van der Waals surface area contributed by atoms with Gasteiger partial charge in [-0.05, 0) is 21.5 Å². The molecule has 1 heterocycles. The molecule has 1 aromatic heterocycles. The van der Waals surface area contributed by atoms with Crippen LogP contribution in [0.3, 0.4) is 0 Å². The smallest absolute Gasteiger partial charge is 0.0648 e. The SMILES string of the molecule is CN=Cc1[nH]cc2c3ccccc3c3ccccc3c12. The lowest BCUT2D eigenvalue weighted by Gasteiger charge is -2.07. The van der Waals surface area contributed by atoms with Gasteiger partial charge in [0.1, 0.15) is 0 Å². The van der Waals surface area contributed by atoms with Crippen LogP contribution in [0.1, 0.15) is 5.69 Å². The van der Waals surface area contributed by atoms with Crippen LogP contribution in [0.4, 0.5) is 0 Å². The van der Waals surface area contributed by atoms with Crippen molar-refractivity contribution in [3.63, 3.8) is 0 Å². The fraction of sp³-hybridized carbons (Fsp3) is 0.0556. The molecular weight excluding hydrogens is 244 g/mol. The van der Waals surface area contributed by atoms with E-state index in [4.69, 9.17) is 0 Å². The highest BCUT2D eigenvalue weighted by Gasteiger charge is 2.11. The number of nitrogens with one attached hydrogen (secondary N) is 1. The molecule has 0 amide bonds. The van der Waals surface area contributed by atoms with Crippen molar-refractivity contribution in [1.29, 1.82) is 0 Å². The monoisotopic (exact) mass is 258 g/mol. The highest BCUT2D eigenvalue weighted by Crippen LogP contribution is 2.35. The summed E-state index contributed by atoms with van der Waals surface area (Å²) in [4.78, 5) is 7.51. The summed E-state index contributed by atoms with van der Waals surface area (Å²) in [6.45, 7) is 0. The minimum absolute atomic E-state index is 1.07. The molecule has 0 fully saturated rings. The third-order valence-corrected chi connectivity index (χ3v) is 3.87. The summed E-state index contributed by atoms with van der Waals surface area (Å²) in [5.41, 5.74) is 1.07. The molecule has 96 valence electrons. The number of hydrogen-bond donors (Lipinski definition) is 1. The number of aromatic nitrogens is 1. The Kier molecular flexibility index (Phi) is 2.36. The zero-order valence-electron chi connectivity index (χ0n) is 11.2. The van der Waals surface area contributed by atoms with E-state index in [-0.39, 0.29) is 0 Å². The first kappa shape index (κ1) is 11.2. The largest absolute Gasteiger partial charge is 0.359 e. The van der Waals surface area contributed by atoms with Crippen LogP contribution in [0.2, 0.25) is 0 Å². The van der Waals surface area contributed by atoms with Gasteiger partial charge in [0, 0.05) is 30.2 Å². The number of aromatic amines is 1. The van der Waals surface area contributed by atoms with Gasteiger partial charge in [0.05, 0.1) is 5.69 Å². The zero-order valence-corrected chi connectivity index (χ0v) is 11.2. The van der Waals surface area contributed by atoms with Crippen molar-refractivity contribution in [2.75, 3.05) is 7.05 Å². The molecule has 0 saturated heterocycles. The van der Waals surface area contributed by atoms with Crippen LogP contribution < -0.4 is 0 Å². The van der Waals surface area contributed by atoms with E-state index in [0.29, 0.717) is 0 Å². The van der Waals surface area contributed by atoms with Crippen molar-refractivity contribution in [3.8, 4) is 0 Å². The van der Waals surface area contributed by atoms with Gasteiger partial charge in [0.2, 0.25) is 0 Å². The second-order valence-electron chi connectivity index (χ2n) is 4.97. The number of fused-ring (bicyclic) bond motifs is 6. The molecule has 0 radical (unpaired) electrons. The van der Waals surface area contributed by atoms with Crippen LogP contribution in [0, 0.1) is 0 Å². The third-order valence-electron chi connectivity index (χ3n) is 3.87. The van der Waals surface area contributed by atoms with Crippen LogP contribution in [0.25, 0.3) is 32.3 Å². The van der Waals surface area contributed by atoms with E-state index >= 15 is 0 Å². The van der Waals surface area contributed by atoms with E-state index in [1.165, 1.54) is 32.3 Å². The van der Waals surface area contributed by atoms with Gasteiger partial charge in [0.25, 0.3) is 0 Å². The second kappa shape index (κ2) is 4.20. The van der Waals surface area contributed by atoms with Crippen molar-refractivity contribution >= 4 is 38.5 Å². The van der Waals surface area contributed by atoms with E-state index in [1.807, 2.05) is 6.21 Å². The molecule has 2 heteroatoms. The molecule has 2 nitrogen and oxygen atoms in total. The molecule has 0 aliphatic rings. The molecule has 0 aliphatic carbocycles. The minimum atomic E-state index is 1.07. The molecule has 0 unspecified atom stereocenters. The Morgan fingerprint density at radius 2 is 1.35 bits per heavy atom. The molecule has 1 N–H and O–H groups in total. The molecule has 4 rings (SSSR count). The Bertz CT molecular complexity index is 961. The van der Waals surface area contributed by atoms with Gasteiger partial charge in [-0.25, -0.2) is 0 Å². The molecule has 0 atom stereocenters. The lowest BCUT2D eigenvalue weighted by atomic mass is 9.96. The van der Waals surface area contributed by atoms with Gasteiger partial charge in [-0.15, -0.1) is 0 Å². The molecule has 0 saturated carbocycles. The maximum Gasteiger partial charge on any atom is 0.0648 e. The molecular formula is C18H14N2. The van der Waals surface area contributed by atoms with E-state index < -0.39 is 0 Å². The van der Waals surface area contributed by atoms with Gasteiger partial charge < -0.3 is 4.98 Å². The second-order valence-corrected chi connectivity index (χ2v) is 4.97. The van der Waals surface area contributed by atoms with Gasteiger partial charge in [-0.1, -0.05) is 48.5 Å². The number of hydrogen-bond acceptors (Lipinski definition) is 1. The number of benzene rings is 3. The molecule has 20 heavy (non-hydrogen) atoms. The van der Waals surface area contributed by atoms with Crippen LogP contribution in [-0.4, -0.2) is 18.2 Å². The summed E-state index contributed by atoms with van der Waals surface area (Å²) < 4.78 is 0. The minimum Gasteiger partial charge on any atom is -0.359 e. The van der Waals surface area contributed by atoms with E-state index in [2.05, 4.69) is 64.7 Å². The highest BCUT2D eigenvalue weighted by molar-refractivity contribution is 6.28. The molecule has 0 bridgehead atoms. The van der Waals surface area contributed by atoms with E-state index in [0.717, 1.165) is 5.69 Å². The van der Waals surface area contributed by atoms with Gasteiger partial charge in [-0.2, -0.15) is 0 Å². The summed E-state index contributed by atoms with van der Waals surface area (Å²) >= 11 is 0. The molecule has 4 aromatic rings. The van der Waals surface area contributed by atoms with Gasteiger partial charge in [-0.3, -0.25) is 4.99 Å². The summed E-state index contributed by atoms with van der Waals surface area (Å²) in [7, 11) is 1.80. The first-order valence-corrected chi connectivity index (χ1v) is 6.73. The van der Waals surface area contributed by atoms with E-state index in [9.17, 15) is 0 Å². The van der Waals surface area contributed by atoms with Crippen LogP contribution >= 0.6 is 0 Å². The third kappa shape index (κ3) is 1.42. The normalized spacial score (nSPS) is 12.1. The fourth-order valence-corrected chi connectivity index (χ4v) is 3.06. The Hall–Kier alpha value is -2.61. The molecule has 0 spiro atoms. The summed E-state index contributed by atoms with van der Waals surface area (Å²) in [6, 6.07) is 17.1. The highest BCUT2D eigenvalue weighted by atomic mass is 14.7. The number of H-pyrrole nitrogens is 1. The van der Waals surface area contributed by atoms with Crippen molar-refractivity contribution in [2.24, 2.45) is 4.99 Å². The Labute approximate surface area is 116 Å². The Balaban J connectivity index is 2.37. The first-order chi connectivity index (χ1) is 9.90. The molecule has 3 aromatic carbocycles. The lowest BCUT2D eigenvalue weighted by Crippen LogP contribution is -1.84. The predicted octanol–water partition coefficient (Wildman–Crippen LogP) is 4.52.